The highest BCUT2D eigenvalue weighted by Crippen LogP contribution is 2.19. The van der Waals surface area contributed by atoms with E-state index in [4.69, 9.17) is 0 Å². The van der Waals surface area contributed by atoms with Crippen molar-refractivity contribution in [3.05, 3.63) is 23.5 Å². The van der Waals surface area contributed by atoms with Crippen LogP contribution in [-0.4, -0.2) is 11.0 Å². The van der Waals surface area contributed by atoms with Gasteiger partial charge in [-0.3, -0.25) is 0 Å². The van der Waals surface area contributed by atoms with Gasteiger partial charge in [-0.1, -0.05) is 0 Å². The molecule has 1 aromatic heterocycles. The Balaban J connectivity index is 1.89. The number of aryl methyl sites for hydroxylation is 1. The summed E-state index contributed by atoms with van der Waals surface area (Å²) in [5.41, 5.74) is 2.76. The van der Waals surface area contributed by atoms with E-state index < -0.39 is 0 Å². The van der Waals surface area contributed by atoms with Gasteiger partial charge in [0.1, 0.15) is 0 Å². The number of H-pyrrole nitrogens is 1. The third-order valence-electron chi connectivity index (χ3n) is 2.22. The smallest absolute Gasteiger partial charge is 0.0225 e. The van der Waals surface area contributed by atoms with Crippen molar-refractivity contribution >= 4 is 0 Å². The molecule has 2 nitrogen and oxygen atoms in total. The topological polar surface area (TPSA) is 27.8 Å². The van der Waals surface area contributed by atoms with Gasteiger partial charge in [0.05, 0.1) is 0 Å². The van der Waals surface area contributed by atoms with Crippen molar-refractivity contribution in [2.45, 2.75) is 32.4 Å². The first-order valence-corrected chi connectivity index (χ1v) is 4.22. The van der Waals surface area contributed by atoms with Gasteiger partial charge in [0, 0.05) is 25.0 Å². The second-order valence-corrected chi connectivity index (χ2v) is 3.32. The summed E-state index contributed by atoms with van der Waals surface area (Å²) in [5.74, 6) is 0. The maximum atomic E-state index is 3.48. The largest absolute Gasteiger partial charge is 0.367 e. The summed E-state index contributed by atoms with van der Waals surface area (Å²) in [6.45, 7) is 3.17. The third-order valence-corrected chi connectivity index (χ3v) is 2.22. The lowest BCUT2D eigenvalue weighted by Crippen LogP contribution is -2.15. The Morgan fingerprint density at radius 3 is 2.91 bits per heavy atom. The van der Waals surface area contributed by atoms with E-state index in [1.807, 2.05) is 6.20 Å². The van der Waals surface area contributed by atoms with Gasteiger partial charge in [0.15, 0.2) is 0 Å². The molecule has 2 rings (SSSR count). The van der Waals surface area contributed by atoms with Crippen LogP contribution in [0, 0.1) is 6.92 Å². The first kappa shape index (κ1) is 6.92. The maximum absolute atomic E-state index is 3.48. The standard InChI is InChI=1S/C9H14N2/c1-7-4-10-5-8(7)6-11-9-2-3-9/h4-5,9-11H,2-3,6H2,1H3. The number of rotatable bonds is 3. The zero-order valence-corrected chi connectivity index (χ0v) is 6.85. The SMILES string of the molecule is Cc1c[nH]cc1CNC1CC1. The lowest BCUT2D eigenvalue weighted by Gasteiger charge is -2.00. The first-order chi connectivity index (χ1) is 5.36. The summed E-state index contributed by atoms with van der Waals surface area (Å²) in [5, 5.41) is 3.48. The van der Waals surface area contributed by atoms with E-state index in [0.29, 0.717) is 0 Å². The van der Waals surface area contributed by atoms with Gasteiger partial charge in [0.2, 0.25) is 0 Å². The van der Waals surface area contributed by atoms with Gasteiger partial charge >= 0.3 is 0 Å². The van der Waals surface area contributed by atoms with Crippen molar-refractivity contribution in [3.8, 4) is 0 Å². The van der Waals surface area contributed by atoms with Gasteiger partial charge in [-0.05, 0) is 30.9 Å². The van der Waals surface area contributed by atoms with Crippen molar-refractivity contribution in [1.82, 2.24) is 10.3 Å². The Labute approximate surface area is 67.0 Å². The molecule has 1 aliphatic rings. The Morgan fingerprint density at radius 2 is 2.36 bits per heavy atom. The fourth-order valence-electron chi connectivity index (χ4n) is 1.21. The van der Waals surface area contributed by atoms with Gasteiger partial charge in [0.25, 0.3) is 0 Å². The van der Waals surface area contributed by atoms with Crippen LogP contribution >= 0.6 is 0 Å². The molecule has 0 unspecified atom stereocenters. The molecule has 1 aromatic rings. The number of aromatic amines is 1. The summed E-state index contributed by atoms with van der Waals surface area (Å²) < 4.78 is 0. The van der Waals surface area contributed by atoms with Crippen LogP contribution in [-0.2, 0) is 6.54 Å². The van der Waals surface area contributed by atoms with Gasteiger partial charge < -0.3 is 10.3 Å². The van der Waals surface area contributed by atoms with Crippen LogP contribution in [0.1, 0.15) is 24.0 Å². The predicted octanol–water partition coefficient (Wildman–Crippen LogP) is 1.58. The minimum absolute atomic E-state index is 0.810. The molecular weight excluding hydrogens is 136 g/mol. The highest BCUT2D eigenvalue weighted by atomic mass is 14.9. The summed E-state index contributed by atoms with van der Waals surface area (Å²) in [4.78, 5) is 3.10. The highest BCUT2D eigenvalue weighted by molar-refractivity contribution is 5.21. The third kappa shape index (κ3) is 1.63. The fraction of sp³-hybridized carbons (Fsp3) is 0.556. The van der Waals surface area contributed by atoms with Crippen molar-refractivity contribution in [3.63, 3.8) is 0 Å². The summed E-state index contributed by atoms with van der Waals surface area (Å²) in [6.07, 6.45) is 6.85. The molecule has 0 aromatic carbocycles. The molecule has 1 fully saturated rings. The zero-order valence-electron chi connectivity index (χ0n) is 6.85. The van der Waals surface area contributed by atoms with E-state index in [2.05, 4.69) is 23.4 Å². The zero-order chi connectivity index (χ0) is 7.68. The molecule has 11 heavy (non-hydrogen) atoms. The van der Waals surface area contributed by atoms with Crippen molar-refractivity contribution in [1.29, 1.82) is 0 Å². The quantitative estimate of drug-likeness (QED) is 0.672. The molecule has 2 N–H and O–H groups in total. The number of hydrogen-bond donors (Lipinski definition) is 2. The Bertz CT molecular complexity index is 235. The number of nitrogens with one attached hydrogen (secondary N) is 2. The van der Waals surface area contributed by atoms with E-state index in [-0.39, 0.29) is 0 Å². The second kappa shape index (κ2) is 2.70. The average Bonchev–Trinajstić information content (AvgIpc) is 2.73. The minimum Gasteiger partial charge on any atom is -0.367 e. The molecule has 1 heterocycles. The van der Waals surface area contributed by atoms with E-state index in [1.54, 1.807) is 0 Å². The van der Waals surface area contributed by atoms with E-state index >= 15 is 0 Å². The Hall–Kier alpha value is -0.760. The molecule has 0 bridgehead atoms. The molecule has 1 aliphatic carbocycles. The molecule has 0 spiro atoms. The van der Waals surface area contributed by atoms with Crippen molar-refractivity contribution in [2.75, 3.05) is 0 Å². The number of aromatic nitrogens is 1. The molecule has 2 heteroatoms. The summed E-state index contributed by atoms with van der Waals surface area (Å²) in [7, 11) is 0. The molecule has 0 amide bonds. The Kier molecular flexibility index (Phi) is 1.70. The monoisotopic (exact) mass is 150 g/mol. The van der Waals surface area contributed by atoms with Gasteiger partial charge in [-0.15, -0.1) is 0 Å². The summed E-state index contributed by atoms with van der Waals surface area (Å²) in [6, 6.07) is 0.810. The van der Waals surface area contributed by atoms with Crippen LogP contribution in [0.5, 0.6) is 0 Å². The second-order valence-electron chi connectivity index (χ2n) is 3.32. The average molecular weight is 150 g/mol. The molecule has 0 saturated heterocycles. The van der Waals surface area contributed by atoms with Crippen LogP contribution in [0.15, 0.2) is 12.4 Å². The first-order valence-electron chi connectivity index (χ1n) is 4.22. The van der Waals surface area contributed by atoms with E-state index in [9.17, 15) is 0 Å². The van der Waals surface area contributed by atoms with Crippen LogP contribution in [0.25, 0.3) is 0 Å². The maximum Gasteiger partial charge on any atom is 0.0225 e. The molecule has 1 saturated carbocycles. The van der Waals surface area contributed by atoms with Gasteiger partial charge in [-0.25, -0.2) is 0 Å². The molecule has 0 atom stereocenters. The number of hydrogen-bond acceptors (Lipinski definition) is 1. The molecule has 60 valence electrons. The molecule has 0 aliphatic heterocycles. The van der Waals surface area contributed by atoms with Crippen LogP contribution in [0.4, 0.5) is 0 Å². The highest BCUT2D eigenvalue weighted by Gasteiger charge is 2.20. The summed E-state index contributed by atoms with van der Waals surface area (Å²) >= 11 is 0. The Morgan fingerprint density at radius 1 is 1.55 bits per heavy atom. The fourth-order valence-corrected chi connectivity index (χ4v) is 1.21. The lowest BCUT2D eigenvalue weighted by atomic mass is 10.2. The van der Waals surface area contributed by atoms with Crippen molar-refractivity contribution < 1.29 is 0 Å². The predicted molar refractivity (Wildman–Crippen MR) is 45.4 cm³/mol. The molecule has 0 radical (unpaired) electrons. The van der Waals surface area contributed by atoms with Crippen LogP contribution in [0.2, 0.25) is 0 Å². The lowest BCUT2D eigenvalue weighted by molar-refractivity contribution is 0.686. The van der Waals surface area contributed by atoms with Crippen molar-refractivity contribution in [2.24, 2.45) is 0 Å². The van der Waals surface area contributed by atoms with Crippen LogP contribution in [0.3, 0.4) is 0 Å². The normalized spacial score (nSPS) is 17.2. The van der Waals surface area contributed by atoms with E-state index in [1.165, 1.54) is 24.0 Å². The van der Waals surface area contributed by atoms with Crippen LogP contribution < -0.4 is 5.32 Å². The molecular formula is C9H14N2. The minimum atomic E-state index is 0.810. The van der Waals surface area contributed by atoms with E-state index in [0.717, 1.165) is 12.6 Å². The van der Waals surface area contributed by atoms with Gasteiger partial charge in [-0.2, -0.15) is 0 Å².